The predicted molar refractivity (Wildman–Crippen MR) is 61.1 cm³/mol. The molecule has 15 heavy (non-hydrogen) atoms. The van der Waals surface area contributed by atoms with E-state index in [0.717, 1.165) is 9.99 Å². The Kier molecular flexibility index (Phi) is 4.54. The van der Waals surface area contributed by atoms with Crippen molar-refractivity contribution in [2.24, 2.45) is 0 Å². The molecule has 0 atom stereocenters. The van der Waals surface area contributed by atoms with Crippen LogP contribution >= 0.6 is 0 Å². The number of benzene rings is 1. The van der Waals surface area contributed by atoms with E-state index in [2.05, 4.69) is 37.1 Å². The van der Waals surface area contributed by atoms with E-state index in [1.165, 1.54) is 0 Å². The van der Waals surface area contributed by atoms with Crippen LogP contribution in [0.3, 0.4) is 0 Å². The number of aromatic carboxylic acids is 1. The molecule has 0 spiro atoms. The minimum atomic E-state index is -0.879. The molecule has 0 heterocycles. The first-order valence-corrected chi connectivity index (χ1v) is 5.03. The maximum atomic E-state index is 10.8. The maximum Gasteiger partial charge on any atom is 0.334 e. The van der Waals surface area contributed by atoms with Crippen molar-refractivity contribution in [1.82, 2.24) is 0 Å². The van der Waals surface area contributed by atoms with Crippen molar-refractivity contribution in [2.75, 3.05) is 0 Å². The standard InChI is InChI=1S/C11H13O2.Al.H2O/c1-11(2,3)9-6-4-8(5-7-9)10(12)13;;/h4,6-7H,1-3H3,(H,12,13);;1H2. The molecule has 3 N–H and O–H groups in total. The molecule has 0 saturated heterocycles. The second-order valence-electron chi connectivity index (χ2n) is 4.36. The smallest absolute Gasteiger partial charge is 0.334 e. The molecule has 0 unspecified atom stereocenters. The van der Waals surface area contributed by atoms with Gasteiger partial charge in [0.05, 0.1) is 0 Å². The highest BCUT2D eigenvalue weighted by molar-refractivity contribution is 6.36. The molecular formula is C11H15AlO3. The molecule has 1 rings (SSSR count). The first kappa shape index (κ1) is 14.2. The van der Waals surface area contributed by atoms with E-state index in [-0.39, 0.29) is 10.9 Å². The second kappa shape index (κ2) is 4.80. The van der Waals surface area contributed by atoms with Gasteiger partial charge in [0, 0.05) is 5.56 Å². The molecule has 0 aliphatic rings. The summed E-state index contributed by atoms with van der Waals surface area (Å²) < 4.78 is 0.741. The van der Waals surface area contributed by atoms with Gasteiger partial charge in [-0.05, 0) is 17.0 Å². The Labute approximate surface area is 97.9 Å². The zero-order valence-electron chi connectivity index (χ0n) is 9.16. The molecule has 1 aromatic rings. The molecule has 0 aliphatic heterocycles. The molecule has 0 amide bonds. The average molecular weight is 222 g/mol. The Balaban J connectivity index is 0.00000196. The molecule has 0 aliphatic carbocycles. The van der Waals surface area contributed by atoms with Gasteiger partial charge in [-0.2, -0.15) is 0 Å². The minimum Gasteiger partial charge on any atom is -0.478 e. The molecule has 0 aromatic heterocycles. The fraction of sp³-hybridized carbons (Fsp3) is 0.364. The lowest BCUT2D eigenvalue weighted by Crippen LogP contribution is -2.20. The monoisotopic (exact) mass is 222 g/mol. The van der Waals surface area contributed by atoms with E-state index < -0.39 is 5.97 Å². The second-order valence-corrected chi connectivity index (χ2v) is 4.98. The van der Waals surface area contributed by atoms with E-state index in [1.54, 1.807) is 6.07 Å². The minimum absolute atomic E-state index is 0. The van der Waals surface area contributed by atoms with E-state index >= 15 is 0 Å². The first-order valence-electron chi connectivity index (χ1n) is 4.45. The Morgan fingerprint density at radius 3 is 2.20 bits per heavy atom. The van der Waals surface area contributed by atoms with Gasteiger partial charge in [0.2, 0.25) is 0 Å². The Morgan fingerprint density at radius 2 is 1.87 bits per heavy atom. The summed E-state index contributed by atoms with van der Waals surface area (Å²) in [6.07, 6.45) is 0. The van der Waals surface area contributed by atoms with E-state index in [4.69, 9.17) is 5.11 Å². The number of hydrogen-bond donors (Lipinski definition) is 1. The molecular weight excluding hydrogens is 207 g/mol. The summed E-state index contributed by atoms with van der Waals surface area (Å²) in [6.45, 7) is 6.31. The van der Waals surface area contributed by atoms with Crippen LogP contribution in [0.1, 0.15) is 36.7 Å². The Bertz CT molecular complexity index is 367. The summed E-state index contributed by atoms with van der Waals surface area (Å²) in [7, 11) is 0. The van der Waals surface area contributed by atoms with Crippen LogP contribution in [-0.2, 0) is 5.41 Å². The number of carboxylic acids is 1. The van der Waals surface area contributed by atoms with Gasteiger partial charge in [0.25, 0.3) is 0 Å². The highest BCUT2D eigenvalue weighted by atomic mass is 27.0. The van der Waals surface area contributed by atoms with Gasteiger partial charge in [-0.1, -0.05) is 32.9 Å². The summed E-state index contributed by atoms with van der Waals surface area (Å²) >= 11 is 2.47. The van der Waals surface area contributed by atoms with Crippen molar-refractivity contribution in [3.8, 4) is 0 Å². The molecule has 4 heteroatoms. The summed E-state index contributed by atoms with van der Waals surface area (Å²) in [4.78, 5) is 10.8. The average Bonchev–Trinajstić information content (AvgIpc) is 2.01. The van der Waals surface area contributed by atoms with Crippen molar-refractivity contribution in [3.05, 3.63) is 29.3 Å². The van der Waals surface area contributed by atoms with Crippen molar-refractivity contribution in [2.45, 2.75) is 26.2 Å². The zero-order chi connectivity index (χ0) is 10.9. The number of rotatable bonds is 1. The van der Waals surface area contributed by atoms with Crippen molar-refractivity contribution >= 4 is 26.7 Å². The maximum absolute atomic E-state index is 10.8. The molecule has 1 aromatic carbocycles. The van der Waals surface area contributed by atoms with E-state index in [9.17, 15) is 4.79 Å². The van der Waals surface area contributed by atoms with Crippen LogP contribution in [0.4, 0.5) is 0 Å². The third-order valence-electron chi connectivity index (χ3n) is 2.15. The van der Waals surface area contributed by atoms with Crippen LogP contribution in [0.5, 0.6) is 0 Å². The number of carbonyl (C=O) groups is 1. The predicted octanol–water partition coefficient (Wildman–Crippen LogP) is 0.651. The van der Waals surface area contributed by atoms with Crippen LogP contribution < -0.4 is 4.43 Å². The highest BCUT2D eigenvalue weighted by Gasteiger charge is 2.15. The number of carboxylic acid groups (broad SMARTS) is 1. The lowest BCUT2D eigenvalue weighted by molar-refractivity contribution is 0.0698. The van der Waals surface area contributed by atoms with Crippen molar-refractivity contribution < 1.29 is 15.4 Å². The molecule has 0 fully saturated rings. The highest BCUT2D eigenvalue weighted by Crippen LogP contribution is 2.21. The largest absolute Gasteiger partial charge is 0.478 e. The van der Waals surface area contributed by atoms with Gasteiger partial charge in [0.15, 0.2) is 16.3 Å². The molecule has 0 bridgehead atoms. The van der Waals surface area contributed by atoms with Crippen molar-refractivity contribution in [3.63, 3.8) is 0 Å². The summed E-state index contributed by atoms with van der Waals surface area (Å²) in [5.74, 6) is -0.879. The van der Waals surface area contributed by atoms with Gasteiger partial charge in [-0.15, -0.1) is 4.43 Å². The van der Waals surface area contributed by atoms with E-state index in [0.29, 0.717) is 5.56 Å². The first-order chi connectivity index (χ1) is 6.32. The van der Waals surface area contributed by atoms with Gasteiger partial charge in [0.1, 0.15) is 0 Å². The topological polar surface area (TPSA) is 68.8 Å². The normalized spacial score (nSPS) is 10.6. The molecule has 3 nitrogen and oxygen atoms in total. The third-order valence-corrected chi connectivity index (χ3v) is 2.63. The lowest BCUT2D eigenvalue weighted by Gasteiger charge is -2.20. The van der Waals surface area contributed by atoms with Crippen LogP contribution in [-0.4, -0.2) is 32.8 Å². The quantitative estimate of drug-likeness (QED) is 0.709. The van der Waals surface area contributed by atoms with Crippen LogP contribution in [0.2, 0.25) is 0 Å². The summed E-state index contributed by atoms with van der Waals surface area (Å²) in [5.41, 5.74) is 1.55. The SMILES string of the molecule is CC(C)(C)c1ccc(C(=O)O)[c]([Al])c1.O. The molecule has 2 radical (unpaired) electrons. The van der Waals surface area contributed by atoms with Crippen LogP contribution in [0.25, 0.3) is 0 Å². The Hall–Kier alpha value is -0.818. The third kappa shape index (κ3) is 3.35. The van der Waals surface area contributed by atoms with Gasteiger partial charge >= 0.3 is 5.97 Å². The molecule has 0 saturated carbocycles. The van der Waals surface area contributed by atoms with Gasteiger partial charge < -0.3 is 10.6 Å². The Morgan fingerprint density at radius 1 is 1.33 bits per heavy atom. The lowest BCUT2D eigenvalue weighted by atomic mass is 9.86. The van der Waals surface area contributed by atoms with E-state index in [1.807, 2.05) is 12.1 Å². The van der Waals surface area contributed by atoms with Gasteiger partial charge in [-0.25, -0.2) is 4.79 Å². The fourth-order valence-corrected chi connectivity index (χ4v) is 1.62. The zero-order valence-corrected chi connectivity index (χ0v) is 10.3. The summed E-state index contributed by atoms with van der Waals surface area (Å²) in [5, 5.41) is 8.85. The van der Waals surface area contributed by atoms with Crippen LogP contribution in [0.15, 0.2) is 18.2 Å². The van der Waals surface area contributed by atoms with Gasteiger partial charge in [-0.3, -0.25) is 0 Å². The number of hydrogen-bond acceptors (Lipinski definition) is 1. The van der Waals surface area contributed by atoms with Crippen molar-refractivity contribution in [1.29, 1.82) is 0 Å². The van der Waals surface area contributed by atoms with Crippen LogP contribution in [0, 0.1) is 0 Å². The summed E-state index contributed by atoms with van der Waals surface area (Å²) in [6, 6.07) is 5.44. The fourth-order valence-electron chi connectivity index (χ4n) is 1.22. The molecule has 80 valence electrons.